The van der Waals surface area contributed by atoms with E-state index in [9.17, 15) is 4.79 Å². The Morgan fingerprint density at radius 2 is 2.00 bits per heavy atom. The molecular formula is C20H28Cl2N4O. The summed E-state index contributed by atoms with van der Waals surface area (Å²) in [6, 6.07) is 10.9. The van der Waals surface area contributed by atoms with Crippen LogP contribution in [0.1, 0.15) is 19.3 Å². The highest BCUT2D eigenvalue weighted by atomic mass is 35.5. The highest BCUT2D eigenvalue weighted by Crippen LogP contribution is 2.34. The maximum absolute atomic E-state index is 12.4. The van der Waals surface area contributed by atoms with Crippen LogP contribution in [0.2, 0.25) is 0 Å². The number of anilines is 1. The van der Waals surface area contributed by atoms with Crippen molar-refractivity contribution in [3.05, 3.63) is 36.5 Å². The second-order valence-electron chi connectivity index (χ2n) is 7.15. The summed E-state index contributed by atoms with van der Waals surface area (Å²) in [7, 11) is 1.95. The predicted octanol–water partition coefficient (Wildman–Crippen LogP) is 3.12. The molecule has 2 fully saturated rings. The smallest absolute Gasteiger partial charge is 0.222 e. The normalized spacial score (nSPS) is 22.0. The van der Waals surface area contributed by atoms with Gasteiger partial charge in [0.15, 0.2) is 0 Å². The first kappa shape index (κ1) is 21.7. The molecule has 1 amide bonds. The number of rotatable bonds is 4. The lowest BCUT2D eigenvalue weighted by Crippen LogP contribution is -2.57. The van der Waals surface area contributed by atoms with Crippen LogP contribution in [0.15, 0.2) is 36.5 Å². The molecule has 27 heavy (non-hydrogen) atoms. The molecule has 0 radical (unpaired) electrons. The summed E-state index contributed by atoms with van der Waals surface area (Å²) in [4.78, 5) is 21.6. The molecular weight excluding hydrogens is 383 g/mol. The molecule has 2 aliphatic heterocycles. The SMILES string of the molecule is CNCCN1C(=O)CC[C@H]2CN(c3nccc4ccccc34)CC[C@H]21.Cl.Cl. The monoisotopic (exact) mass is 410 g/mol. The standard InChI is InChI=1S/C20H26N4O.2ClH/c1-21-11-13-24-18-9-12-23(14-16(18)6-7-19(24)25)20-17-5-3-2-4-15(17)8-10-22-20;;/h2-5,8,10,16,18,21H,6-7,9,11-14H2,1H3;2*1H/t16-,18+;;/m0../s1. The molecule has 1 aromatic heterocycles. The summed E-state index contributed by atoms with van der Waals surface area (Å²) >= 11 is 0. The zero-order chi connectivity index (χ0) is 17.2. The third-order valence-electron chi connectivity index (χ3n) is 5.70. The summed E-state index contributed by atoms with van der Waals surface area (Å²) in [5.74, 6) is 1.97. The fourth-order valence-corrected chi connectivity index (χ4v) is 4.42. The van der Waals surface area contributed by atoms with Gasteiger partial charge in [-0.05, 0) is 37.3 Å². The van der Waals surface area contributed by atoms with Crippen molar-refractivity contribution < 1.29 is 4.79 Å². The first-order valence-electron chi connectivity index (χ1n) is 9.30. The number of likely N-dealkylation sites (N-methyl/N-ethyl adjacent to an activating group) is 1. The lowest BCUT2D eigenvalue weighted by molar-refractivity contribution is -0.139. The van der Waals surface area contributed by atoms with Crippen molar-refractivity contribution in [3.8, 4) is 0 Å². The summed E-state index contributed by atoms with van der Waals surface area (Å²) in [6.07, 6.45) is 4.63. The molecule has 0 aliphatic carbocycles. The number of nitrogens with one attached hydrogen (secondary N) is 1. The fraction of sp³-hybridized carbons (Fsp3) is 0.500. The fourth-order valence-electron chi connectivity index (χ4n) is 4.42. The van der Waals surface area contributed by atoms with E-state index < -0.39 is 0 Å². The summed E-state index contributed by atoms with van der Waals surface area (Å²) < 4.78 is 0. The van der Waals surface area contributed by atoms with Crippen LogP contribution in [0.25, 0.3) is 10.8 Å². The lowest BCUT2D eigenvalue weighted by atomic mass is 9.83. The summed E-state index contributed by atoms with van der Waals surface area (Å²) in [5, 5.41) is 5.64. The molecule has 148 valence electrons. The van der Waals surface area contributed by atoms with Crippen LogP contribution in [0.5, 0.6) is 0 Å². The number of piperidine rings is 2. The van der Waals surface area contributed by atoms with Gasteiger partial charge in [0.25, 0.3) is 0 Å². The number of carbonyl (C=O) groups is 1. The molecule has 2 aromatic rings. The Kier molecular flexibility index (Phi) is 7.71. The van der Waals surface area contributed by atoms with Crippen LogP contribution in [-0.2, 0) is 4.79 Å². The van der Waals surface area contributed by atoms with Gasteiger partial charge in [-0.1, -0.05) is 24.3 Å². The predicted molar refractivity (Wildman–Crippen MR) is 115 cm³/mol. The van der Waals surface area contributed by atoms with E-state index in [0.717, 1.165) is 44.8 Å². The van der Waals surface area contributed by atoms with Gasteiger partial charge in [0, 0.05) is 50.2 Å². The number of nitrogens with zero attached hydrogens (tertiary/aromatic N) is 3. The molecule has 2 saturated heterocycles. The first-order valence-corrected chi connectivity index (χ1v) is 9.30. The Balaban J connectivity index is 0.00000131. The Morgan fingerprint density at radius 3 is 2.81 bits per heavy atom. The van der Waals surface area contributed by atoms with E-state index in [4.69, 9.17) is 0 Å². The van der Waals surface area contributed by atoms with Crippen molar-refractivity contribution in [2.45, 2.75) is 25.3 Å². The maximum atomic E-state index is 12.4. The summed E-state index contributed by atoms with van der Waals surface area (Å²) in [6.45, 7) is 3.65. The number of hydrogen-bond acceptors (Lipinski definition) is 4. The highest BCUT2D eigenvalue weighted by Gasteiger charge is 2.39. The molecule has 4 rings (SSSR count). The van der Waals surface area contributed by atoms with E-state index in [1.165, 1.54) is 10.8 Å². The molecule has 2 aliphatic rings. The Hall–Kier alpha value is -1.56. The van der Waals surface area contributed by atoms with Crippen molar-refractivity contribution in [3.63, 3.8) is 0 Å². The van der Waals surface area contributed by atoms with Crippen LogP contribution in [0.4, 0.5) is 5.82 Å². The quantitative estimate of drug-likeness (QED) is 0.840. The van der Waals surface area contributed by atoms with Crippen molar-refractivity contribution in [1.82, 2.24) is 15.2 Å². The van der Waals surface area contributed by atoms with Gasteiger partial charge in [0.2, 0.25) is 5.91 Å². The van der Waals surface area contributed by atoms with Gasteiger partial charge in [-0.2, -0.15) is 0 Å². The average molecular weight is 411 g/mol. The van der Waals surface area contributed by atoms with Crippen LogP contribution < -0.4 is 10.2 Å². The van der Waals surface area contributed by atoms with Crippen LogP contribution >= 0.6 is 24.8 Å². The highest BCUT2D eigenvalue weighted by molar-refractivity contribution is 5.92. The molecule has 3 heterocycles. The maximum Gasteiger partial charge on any atom is 0.222 e. The van der Waals surface area contributed by atoms with E-state index in [0.29, 0.717) is 24.3 Å². The summed E-state index contributed by atoms with van der Waals surface area (Å²) in [5.41, 5.74) is 0. The Morgan fingerprint density at radius 1 is 1.19 bits per heavy atom. The number of aromatic nitrogens is 1. The molecule has 0 saturated carbocycles. The number of fused-ring (bicyclic) bond motifs is 2. The number of carbonyl (C=O) groups excluding carboxylic acids is 1. The van der Waals surface area contributed by atoms with Crippen molar-refractivity contribution >= 4 is 47.3 Å². The minimum Gasteiger partial charge on any atom is -0.356 e. The number of benzene rings is 1. The molecule has 7 heteroatoms. The zero-order valence-electron chi connectivity index (χ0n) is 15.6. The van der Waals surface area contributed by atoms with Crippen molar-refractivity contribution in [1.29, 1.82) is 0 Å². The second-order valence-corrected chi connectivity index (χ2v) is 7.15. The van der Waals surface area contributed by atoms with E-state index in [-0.39, 0.29) is 24.8 Å². The van der Waals surface area contributed by atoms with Gasteiger partial charge in [0.05, 0.1) is 0 Å². The number of hydrogen-bond donors (Lipinski definition) is 1. The number of likely N-dealkylation sites (tertiary alicyclic amines) is 1. The molecule has 1 N–H and O–H groups in total. The van der Waals surface area contributed by atoms with Gasteiger partial charge >= 0.3 is 0 Å². The molecule has 2 atom stereocenters. The zero-order valence-corrected chi connectivity index (χ0v) is 17.3. The Bertz CT molecular complexity index is 767. The van der Waals surface area contributed by atoms with E-state index in [2.05, 4.69) is 50.4 Å². The van der Waals surface area contributed by atoms with Crippen molar-refractivity contribution in [2.75, 3.05) is 38.1 Å². The third-order valence-corrected chi connectivity index (χ3v) is 5.70. The third kappa shape index (κ3) is 4.31. The van der Waals surface area contributed by atoms with Crippen LogP contribution in [0, 0.1) is 5.92 Å². The van der Waals surface area contributed by atoms with Gasteiger partial charge < -0.3 is 15.1 Å². The number of amides is 1. The molecule has 0 bridgehead atoms. The minimum absolute atomic E-state index is 0. The Labute approximate surface area is 173 Å². The van der Waals surface area contributed by atoms with E-state index in [1.807, 2.05) is 13.2 Å². The number of halogens is 2. The number of pyridine rings is 1. The van der Waals surface area contributed by atoms with Crippen molar-refractivity contribution in [2.24, 2.45) is 5.92 Å². The van der Waals surface area contributed by atoms with Crippen LogP contribution in [-0.4, -0.2) is 55.1 Å². The minimum atomic E-state index is 0. The second kappa shape index (κ2) is 9.58. The molecule has 5 nitrogen and oxygen atoms in total. The van der Waals surface area contributed by atoms with Gasteiger partial charge in [-0.3, -0.25) is 4.79 Å². The molecule has 1 aromatic carbocycles. The first-order chi connectivity index (χ1) is 12.3. The van der Waals surface area contributed by atoms with E-state index in [1.54, 1.807) is 0 Å². The molecule has 0 spiro atoms. The lowest BCUT2D eigenvalue weighted by Gasteiger charge is -2.47. The van der Waals surface area contributed by atoms with Gasteiger partial charge in [0.1, 0.15) is 5.82 Å². The van der Waals surface area contributed by atoms with Gasteiger partial charge in [-0.15, -0.1) is 24.8 Å². The largest absolute Gasteiger partial charge is 0.356 e. The van der Waals surface area contributed by atoms with E-state index >= 15 is 0 Å². The van der Waals surface area contributed by atoms with Crippen LogP contribution in [0.3, 0.4) is 0 Å². The topological polar surface area (TPSA) is 48.5 Å². The average Bonchev–Trinajstić information content (AvgIpc) is 2.66. The molecule has 0 unspecified atom stereocenters. The van der Waals surface area contributed by atoms with Gasteiger partial charge in [-0.25, -0.2) is 4.98 Å².